The maximum absolute atomic E-state index is 13.1. The van der Waals surface area contributed by atoms with Gasteiger partial charge in [0.15, 0.2) is 6.10 Å². The number of amides is 1. The lowest BCUT2D eigenvalue weighted by molar-refractivity contribution is -0.384. The first-order valence-corrected chi connectivity index (χ1v) is 9.28. The Kier molecular flexibility index (Phi) is 5.81. The molecule has 0 aromatic heterocycles. The summed E-state index contributed by atoms with van der Waals surface area (Å²) in [5.41, 5.74) is 0.806. The Morgan fingerprint density at radius 1 is 1.21 bits per heavy atom. The fourth-order valence-corrected chi connectivity index (χ4v) is 3.13. The lowest BCUT2D eigenvalue weighted by Gasteiger charge is -2.38. The van der Waals surface area contributed by atoms with E-state index in [0.717, 1.165) is 5.56 Å². The van der Waals surface area contributed by atoms with Crippen molar-refractivity contribution in [1.29, 1.82) is 0 Å². The number of carbonyl (C=O) groups excluding carboxylic acids is 2. The Balaban J connectivity index is 1.90. The van der Waals surface area contributed by atoms with Gasteiger partial charge in [-0.1, -0.05) is 44.2 Å². The third-order valence-corrected chi connectivity index (χ3v) is 4.71. The highest BCUT2D eigenvalue weighted by Crippen LogP contribution is 2.39. The summed E-state index contributed by atoms with van der Waals surface area (Å²) in [4.78, 5) is 37.6. The smallest absolute Gasteiger partial charge is 0.329 e. The van der Waals surface area contributed by atoms with E-state index >= 15 is 0 Å². The number of ether oxygens (including phenoxy) is 2. The number of hydrogen-bond acceptors (Lipinski definition) is 6. The van der Waals surface area contributed by atoms with E-state index < -0.39 is 28.9 Å². The van der Waals surface area contributed by atoms with Gasteiger partial charge in [0, 0.05) is 12.1 Å². The number of nitro groups is 1. The fraction of sp³-hybridized carbons (Fsp3) is 0.333. The van der Waals surface area contributed by atoms with Gasteiger partial charge in [-0.2, -0.15) is 0 Å². The van der Waals surface area contributed by atoms with Crippen LogP contribution in [0.3, 0.4) is 0 Å². The first-order chi connectivity index (χ1) is 13.8. The van der Waals surface area contributed by atoms with E-state index in [2.05, 4.69) is 0 Å². The quantitative estimate of drug-likeness (QED) is 0.420. The molecule has 152 valence electrons. The number of anilines is 1. The molecule has 1 aliphatic rings. The zero-order valence-electron chi connectivity index (χ0n) is 16.4. The van der Waals surface area contributed by atoms with Crippen LogP contribution in [-0.2, 0) is 20.9 Å². The molecule has 0 N–H and O–H groups in total. The van der Waals surface area contributed by atoms with Crippen LogP contribution in [0.25, 0.3) is 0 Å². The van der Waals surface area contributed by atoms with Crippen LogP contribution in [0.5, 0.6) is 5.75 Å². The number of esters is 1. The number of rotatable bonds is 6. The molecule has 8 nitrogen and oxygen atoms in total. The van der Waals surface area contributed by atoms with Crippen LogP contribution in [0.15, 0.2) is 48.5 Å². The predicted molar refractivity (Wildman–Crippen MR) is 106 cm³/mol. The summed E-state index contributed by atoms with van der Waals surface area (Å²) in [7, 11) is 0. The number of nitro benzene ring substituents is 1. The molecule has 3 rings (SSSR count). The van der Waals surface area contributed by atoms with E-state index in [1.807, 2.05) is 44.2 Å². The van der Waals surface area contributed by atoms with Crippen molar-refractivity contribution in [2.45, 2.75) is 39.5 Å². The van der Waals surface area contributed by atoms with Crippen LogP contribution in [-0.4, -0.2) is 28.9 Å². The van der Waals surface area contributed by atoms with Gasteiger partial charge in [0.2, 0.25) is 0 Å². The van der Waals surface area contributed by atoms with Crippen molar-refractivity contribution in [2.24, 2.45) is 5.92 Å². The summed E-state index contributed by atoms with van der Waals surface area (Å²) < 4.78 is 11.1. The standard InChI is InChI=1S/C21H22N2O6/c1-13(2)19-20(24)22(17-11-16(23(26)27)9-10-18(17)29-19)14(3)21(25)28-12-15-7-5-4-6-8-15/h4-11,13-14,19H,12H2,1-3H3. The van der Waals surface area contributed by atoms with E-state index in [1.165, 1.54) is 30.0 Å². The summed E-state index contributed by atoms with van der Waals surface area (Å²) in [5.74, 6) is -0.876. The van der Waals surface area contributed by atoms with Gasteiger partial charge >= 0.3 is 5.97 Å². The number of benzene rings is 2. The number of non-ortho nitro benzene ring substituents is 1. The van der Waals surface area contributed by atoms with Crippen molar-refractivity contribution in [2.75, 3.05) is 4.90 Å². The van der Waals surface area contributed by atoms with Gasteiger partial charge in [0.1, 0.15) is 18.4 Å². The second kappa shape index (κ2) is 8.30. The van der Waals surface area contributed by atoms with Crippen molar-refractivity contribution in [3.8, 4) is 5.75 Å². The Hall–Kier alpha value is -3.42. The van der Waals surface area contributed by atoms with Crippen molar-refractivity contribution in [3.05, 3.63) is 64.2 Å². The van der Waals surface area contributed by atoms with Crippen LogP contribution < -0.4 is 9.64 Å². The van der Waals surface area contributed by atoms with E-state index in [9.17, 15) is 19.7 Å². The molecule has 0 aliphatic carbocycles. The van der Waals surface area contributed by atoms with Gasteiger partial charge in [-0.05, 0) is 24.5 Å². The van der Waals surface area contributed by atoms with E-state index in [-0.39, 0.29) is 23.9 Å². The second-order valence-corrected chi connectivity index (χ2v) is 7.17. The van der Waals surface area contributed by atoms with Gasteiger partial charge in [-0.3, -0.25) is 19.8 Å². The molecule has 0 spiro atoms. The summed E-state index contributed by atoms with van der Waals surface area (Å²) in [5, 5.41) is 11.2. The van der Waals surface area contributed by atoms with Crippen LogP contribution in [0.4, 0.5) is 11.4 Å². The molecule has 0 saturated carbocycles. The van der Waals surface area contributed by atoms with Crippen molar-refractivity contribution in [3.63, 3.8) is 0 Å². The van der Waals surface area contributed by atoms with Gasteiger partial charge in [0.25, 0.3) is 11.6 Å². The van der Waals surface area contributed by atoms with Crippen molar-refractivity contribution < 1.29 is 24.0 Å². The number of carbonyl (C=O) groups is 2. The minimum atomic E-state index is -0.975. The highest BCUT2D eigenvalue weighted by Gasteiger charge is 2.41. The van der Waals surface area contributed by atoms with Crippen LogP contribution in [0.2, 0.25) is 0 Å². The third-order valence-electron chi connectivity index (χ3n) is 4.71. The van der Waals surface area contributed by atoms with E-state index in [4.69, 9.17) is 9.47 Å². The Labute approximate surface area is 168 Å². The summed E-state index contributed by atoms with van der Waals surface area (Å²) >= 11 is 0. The molecule has 1 heterocycles. The maximum atomic E-state index is 13.1. The SMILES string of the molecule is CC(C)C1Oc2ccc([N+](=O)[O-])cc2N(C(C)C(=O)OCc2ccccc2)C1=O. The third kappa shape index (κ3) is 4.21. The lowest BCUT2D eigenvalue weighted by Crippen LogP contribution is -2.54. The topological polar surface area (TPSA) is 99.0 Å². The van der Waals surface area contributed by atoms with Crippen LogP contribution in [0, 0.1) is 16.0 Å². The van der Waals surface area contributed by atoms with Gasteiger partial charge in [0.05, 0.1) is 10.6 Å². The van der Waals surface area contributed by atoms with E-state index in [1.54, 1.807) is 0 Å². The Bertz CT molecular complexity index is 928. The lowest BCUT2D eigenvalue weighted by atomic mass is 10.0. The molecule has 1 amide bonds. The molecule has 2 atom stereocenters. The minimum absolute atomic E-state index is 0.0674. The molecule has 0 radical (unpaired) electrons. The summed E-state index contributed by atoms with van der Waals surface area (Å²) in [6.45, 7) is 5.26. The average molecular weight is 398 g/mol. The highest BCUT2D eigenvalue weighted by molar-refractivity contribution is 6.04. The molecule has 8 heteroatoms. The zero-order chi connectivity index (χ0) is 21.1. The number of hydrogen-bond donors (Lipinski definition) is 0. The molecule has 1 aliphatic heterocycles. The average Bonchev–Trinajstić information content (AvgIpc) is 2.71. The minimum Gasteiger partial charge on any atom is -0.478 e. The molecule has 0 bridgehead atoms. The van der Waals surface area contributed by atoms with Crippen LogP contribution >= 0.6 is 0 Å². The zero-order valence-corrected chi connectivity index (χ0v) is 16.4. The molecule has 2 unspecified atom stereocenters. The molecule has 0 fully saturated rings. The predicted octanol–water partition coefficient (Wildman–Crippen LogP) is 3.48. The maximum Gasteiger partial charge on any atom is 0.329 e. The van der Waals surface area contributed by atoms with Crippen molar-refractivity contribution in [1.82, 2.24) is 0 Å². The fourth-order valence-electron chi connectivity index (χ4n) is 3.13. The van der Waals surface area contributed by atoms with Gasteiger partial charge in [-0.25, -0.2) is 4.79 Å². The Morgan fingerprint density at radius 2 is 1.90 bits per heavy atom. The monoisotopic (exact) mass is 398 g/mol. The Morgan fingerprint density at radius 3 is 2.52 bits per heavy atom. The second-order valence-electron chi connectivity index (χ2n) is 7.17. The van der Waals surface area contributed by atoms with Gasteiger partial charge in [-0.15, -0.1) is 0 Å². The van der Waals surface area contributed by atoms with Crippen LogP contribution in [0.1, 0.15) is 26.3 Å². The molecular formula is C21H22N2O6. The number of nitrogens with zero attached hydrogens (tertiary/aromatic N) is 2. The largest absolute Gasteiger partial charge is 0.478 e. The summed E-state index contributed by atoms with van der Waals surface area (Å²) in [6.07, 6.45) is -0.798. The van der Waals surface area contributed by atoms with E-state index in [0.29, 0.717) is 5.75 Å². The molecular weight excluding hydrogens is 376 g/mol. The molecule has 29 heavy (non-hydrogen) atoms. The van der Waals surface area contributed by atoms with Gasteiger partial charge < -0.3 is 9.47 Å². The normalized spacial score (nSPS) is 16.8. The summed E-state index contributed by atoms with van der Waals surface area (Å²) in [6, 6.07) is 12.2. The highest BCUT2D eigenvalue weighted by atomic mass is 16.6. The molecule has 2 aromatic rings. The number of fused-ring (bicyclic) bond motifs is 1. The first kappa shape index (κ1) is 20.3. The molecule has 2 aromatic carbocycles. The molecule has 0 saturated heterocycles. The van der Waals surface area contributed by atoms with Crippen molar-refractivity contribution >= 4 is 23.3 Å². The first-order valence-electron chi connectivity index (χ1n) is 9.28.